The van der Waals surface area contributed by atoms with Crippen molar-refractivity contribution in [2.75, 3.05) is 33.4 Å². The summed E-state index contributed by atoms with van der Waals surface area (Å²) < 4.78 is 12.9. The molecule has 6 nitrogen and oxygen atoms in total. The molecule has 0 aromatic carbocycles. The molecule has 0 N–H and O–H groups in total. The van der Waals surface area contributed by atoms with Crippen LogP contribution in [0.25, 0.3) is 0 Å². The van der Waals surface area contributed by atoms with Gasteiger partial charge in [0.1, 0.15) is 12.4 Å². The van der Waals surface area contributed by atoms with Gasteiger partial charge in [0.15, 0.2) is 0 Å². The van der Waals surface area contributed by atoms with Gasteiger partial charge in [-0.15, -0.1) is 0 Å². The second-order valence-corrected chi connectivity index (χ2v) is 7.34. The lowest BCUT2D eigenvalue weighted by Crippen LogP contribution is -2.43. The molecule has 2 saturated heterocycles. The molecule has 3 rings (SSSR count). The number of piperidine rings is 1. The molecular formula is C19H31N3O3. The van der Waals surface area contributed by atoms with Crippen molar-refractivity contribution in [2.24, 2.45) is 11.8 Å². The molecule has 0 unspecified atom stereocenters. The van der Waals surface area contributed by atoms with E-state index in [4.69, 9.17) is 9.47 Å². The quantitative estimate of drug-likeness (QED) is 0.791. The molecule has 2 aliphatic rings. The molecular weight excluding hydrogens is 318 g/mol. The summed E-state index contributed by atoms with van der Waals surface area (Å²) in [5.41, 5.74) is 1.19. The van der Waals surface area contributed by atoms with Crippen LogP contribution in [0.4, 0.5) is 0 Å². The van der Waals surface area contributed by atoms with Gasteiger partial charge in [-0.2, -0.15) is 0 Å². The zero-order valence-corrected chi connectivity index (χ0v) is 15.6. The van der Waals surface area contributed by atoms with Crippen molar-refractivity contribution in [3.63, 3.8) is 0 Å². The molecule has 0 spiro atoms. The van der Waals surface area contributed by atoms with Crippen LogP contribution in [0.5, 0.6) is 0 Å². The number of aromatic nitrogens is 2. The van der Waals surface area contributed by atoms with E-state index >= 15 is 0 Å². The normalized spacial score (nSPS) is 20.2. The van der Waals surface area contributed by atoms with Gasteiger partial charge in [0.05, 0.1) is 0 Å². The number of hydrogen-bond donors (Lipinski definition) is 0. The van der Waals surface area contributed by atoms with E-state index in [9.17, 15) is 4.79 Å². The first-order valence-electron chi connectivity index (χ1n) is 9.55. The van der Waals surface area contributed by atoms with E-state index in [0.717, 1.165) is 70.8 Å². The van der Waals surface area contributed by atoms with Crippen molar-refractivity contribution in [2.45, 2.75) is 52.2 Å². The summed E-state index contributed by atoms with van der Waals surface area (Å²) in [7, 11) is 1.71. The van der Waals surface area contributed by atoms with Crippen LogP contribution in [0, 0.1) is 18.8 Å². The molecule has 0 saturated carbocycles. The summed E-state index contributed by atoms with van der Waals surface area (Å²) in [5, 5.41) is 0. The molecule has 0 aliphatic carbocycles. The molecule has 2 aliphatic heterocycles. The van der Waals surface area contributed by atoms with E-state index in [2.05, 4.69) is 21.4 Å². The lowest BCUT2D eigenvalue weighted by molar-refractivity contribution is -0.140. The Morgan fingerprint density at radius 1 is 1.28 bits per heavy atom. The van der Waals surface area contributed by atoms with Gasteiger partial charge in [0, 0.05) is 57.8 Å². The first-order chi connectivity index (χ1) is 12.2. The molecule has 2 fully saturated rings. The summed E-state index contributed by atoms with van der Waals surface area (Å²) in [4.78, 5) is 19.1. The molecule has 1 amide bonds. The third-order valence-electron chi connectivity index (χ3n) is 5.67. The maximum Gasteiger partial charge on any atom is 0.225 e. The van der Waals surface area contributed by atoms with Gasteiger partial charge >= 0.3 is 0 Å². The molecule has 3 heterocycles. The second kappa shape index (κ2) is 8.81. The number of aryl methyl sites for hydroxylation is 1. The standard InChI is InChI=1S/C19H31N3O3/c1-15-13-20-18(14-24-2)22(15)10-5-16-3-8-21(9-4-16)19(23)17-6-11-25-12-7-17/h13,16-17H,3-12,14H2,1-2H3. The average molecular weight is 349 g/mol. The summed E-state index contributed by atoms with van der Waals surface area (Å²) in [5.74, 6) is 2.24. The minimum atomic E-state index is 0.190. The lowest BCUT2D eigenvalue weighted by atomic mass is 9.91. The van der Waals surface area contributed by atoms with Gasteiger partial charge in [0.2, 0.25) is 5.91 Å². The molecule has 0 bridgehead atoms. The molecule has 0 atom stereocenters. The molecule has 1 aromatic rings. The van der Waals surface area contributed by atoms with Gasteiger partial charge in [-0.1, -0.05) is 0 Å². The number of rotatable bonds is 6. The van der Waals surface area contributed by atoms with Gasteiger partial charge in [-0.25, -0.2) is 4.98 Å². The summed E-state index contributed by atoms with van der Waals surface area (Å²) in [6, 6.07) is 0. The monoisotopic (exact) mass is 349 g/mol. The van der Waals surface area contributed by atoms with Gasteiger partial charge in [-0.05, 0) is 44.9 Å². The van der Waals surface area contributed by atoms with Crippen LogP contribution >= 0.6 is 0 Å². The van der Waals surface area contributed by atoms with E-state index in [1.165, 1.54) is 5.69 Å². The van der Waals surface area contributed by atoms with Crippen LogP contribution in [0.3, 0.4) is 0 Å². The van der Waals surface area contributed by atoms with E-state index in [0.29, 0.717) is 18.4 Å². The lowest BCUT2D eigenvalue weighted by Gasteiger charge is -2.35. The fourth-order valence-corrected chi connectivity index (χ4v) is 4.02. The van der Waals surface area contributed by atoms with Crippen molar-refractivity contribution in [1.29, 1.82) is 0 Å². The van der Waals surface area contributed by atoms with Crippen LogP contribution in [0.1, 0.15) is 43.6 Å². The first kappa shape index (κ1) is 18.4. The number of ether oxygens (including phenoxy) is 2. The van der Waals surface area contributed by atoms with Gasteiger partial charge in [0.25, 0.3) is 0 Å². The van der Waals surface area contributed by atoms with Crippen LogP contribution in [-0.4, -0.2) is 53.8 Å². The maximum atomic E-state index is 12.6. The van der Waals surface area contributed by atoms with Crippen LogP contribution in [0.15, 0.2) is 6.20 Å². The molecule has 25 heavy (non-hydrogen) atoms. The van der Waals surface area contributed by atoms with Crippen molar-refractivity contribution in [3.05, 3.63) is 17.7 Å². The van der Waals surface area contributed by atoms with E-state index < -0.39 is 0 Å². The minimum absolute atomic E-state index is 0.190. The van der Waals surface area contributed by atoms with Crippen molar-refractivity contribution >= 4 is 5.91 Å². The molecule has 1 aromatic heterocycles. The number of likely N-dealkylation sites (tertiary alicyclic amines) is 1. The Kier molecular flexibility index (Phi) is 6.48. The molecule has 6 heteroatoms. The zero-order valence-electron chi connectivity index (χ0n) is 15.6. The number of hydrogen-bond acceptors (Lipinski definition) is 4. The van der Waals surface area contributed by atoms with E-state index in [1.807, 2.05) is 6.20 Å². The predicted molar refractivity (Wildman–Crippen MR) is 95.1 cm³/mol. The fourth-order valence-electron chi connectivity index (χ4n) is 4.02. The van der Waals surface area contributed by atoms with Crippen molar-refractivity contribution in [1.82, 2.24) is 14.5 Å². The Hall–Kier alpha value is -1.40. The second-order valence-electron chi connectivity index (χ2n) is 7.34. The number of carbonyl (C=O) groups is 1. The smallest absolute Gasteiger partial charge is 0.225 e. The summed E-state index contributed by atoms with van der Waals surface area (Å²) in [6.45, 7) is 6.95. The Morgan fingerprint density at radius 3 is 2.68 bits per heavy atom. The molecule has 140 valence electrons. The zero-order chi connectivity index (χ0) is 17.6. The fraction of sp³-hybridized carbons (Fsp3) is 0.789. The number of methoxy groups -OCH3 is 1. The number of amides is 1. The highest BCUT2D eigenvalue weighted by Gasteiger charge is 2.29. The van der Waals surface area contributed by atoms with Crippen LogP contribution < -0.4 is 0 Å². The van der Waals surface area contributed by atoms with E-state index in [1.54, 1.807) is 7.11 Å². The highest BCUT2D eigenvalue weighted by molar-refractivity contribution is 5.79. The predicted octanol–water partition coefficient (Wildman–Crippen LogP) is 2.39. The number of nitrogens with zero attached hydrogens (tertiary/aromatic N) is 3. The third-order valence-corrected chi connectivity index (χ3v) is 5.67. The van der Waals surface area contributed by atoms with Crippen molar-refractivity contribution < 1.29 is 14.3 Å². The summed E-state index contributed by atoms with van der Waals surface area (Å²) >= 11 is 0. The minimum Gasteiger partial charge on any atom is -0.381 e. The Morgan fingerprint density at radius 2 is 2.00 bits per heavy atom. The number of imidazole rings is 1. The summed E-state index contributed by atoms with van der Waals surface area (Å²) in [6.07, 6.45) is 7.07. The first-order valence-corrected chi connectivity index (χ1v) is 9.55. The highest BCUT2D eigenvalue weighted by atomic mass is 16.5. The molecule has 0 radical (unpaired) electrons. The average Bonchev–Trinajstić information content (AvgIpc) is 3.00. The van der Waals surface area contributed by atoms with Crippen LogP contribution in [0.2, 0.25) is 0 Å². The SMILES string of the molecule is COCc1ncc(C)n1CCC1CCN(C(=O)C2CCOCC2)CC1. The third kappa shape index (κ3) is 4.61. The topological polar surface area (TPSA) is 56.6 Å². The largest absolute Gasteiger partial charge is 0.381 e. The van der Waals surface area contributed by atoms with Crippen LogP contribution in [-0.2, 0) is 27.4 Å². The van der Waals surface area contributed by atoms with Crippen molar-refractivity contribution in [3.8, 4) is 0 Å². The Labute approximate surface area is 150 Å². The Balaban J connectivity index is 1.45. The van der Waals surface area contributed by atoms with Gasteiger partial charge < -0.3 is 18.9 Å². The maximum absolute atomic E-state index is 12.6. The number of carbonyl (C=O) groups excluding carboxylic acids is 1. The van der Waals surface area contributed by atoms with Gasteiger partial charge in [-0.3, -0.25) is 4.79 Å². The van der Waals surface area contributed by atoms with E-state index in [-0.39, 0.29) is 5.92 Å². The highest BCUT2D eigenvalue weighted by Crippen LogP contribution is 2.25. The Bertz CT molecular complexity index is 558.